The Morgan fingerprint density at radius 1 is 0.773 bits per heavy atom. The minimum atomic E-state index is -4.57. The molecule has 0 aliphatic carbocycles. The smallest absolute Gasteiger partial charge is 0.368 e. The number of halogens is 6. The number of thioether (sulfide) groups is 1. The zero-order chi connectivity index (χ0) is 31.5. The van der Waals surface area contributed by atoms with Gasteiger partial charge in [-0.2, -0.15) is 26.3 Å². The summed E-state index contributed by atoms with van der Waals surface area (Å²) in [5.41, 5.74) is -1.10. The Morgan fingerprint density at radius 3 is 2.05 bits per heavy atom. The number of fused-ring (bicyclic) bond motifs is 1. The van der Waals surface area contributed by atoms with E-state index in [9.17, 15) is 35.9 Å². The third-order valence-corrected chi connectivity index (χ3v) is 8.39. The summed E-state index contributed by atoms with van der Waals surface area (Å²) in [6.45, 7) is 1.63. The Hall–Kier alpha value is -4.00. The fourth-order valence-electron chi connectivity index (χ4n) is 5.05. The van der Waals surface area contributed by atoms with Crippen LogP contribution in [0.3, 0.4) is 0 Å². The number of nitrogens with zero attached hydrogens (tertiary/aromatic N) is 4. The van der Waals surface area contributed by atoms with E-state index in [1.807, 2.05) is 4.90 Å². The molecule has 0 unspecified atom stereocenters. The van der Waals surface area contributed by atoms with Crippen molar-refractivity contribution in [2.45, 2.75) is 36.8 Å². The van der Waals surface area contributed by atoms with Crippen LogP contribution >= 0.6 is 11.8 Å². The molecule has 0 radical (unpaired) electrons. The molecule has 0 N–H and O–H groups in total. The van der Waals surface area contributed by atoms with Crippen LogP contribution in [0.5, 0.6) is 0 Å². The summed E-state index contributed by atoms with van der Waals surface area (Å²) in [4.78, 5) is 34.3. The molecular formula is C31H28F6N4O2S. The molecule has 44 heavy (non-hydrogen) atoms. The molecule has 1 fully saturated rings. The topological polar surface area (TPSA) is 58.4 Å². The van der Waals surface area contributed by atoms with E-state index in [4.69, 9.17) is 0 Å². The standard InChI is InChI=1S/C31H28F6N4O2S/c32-30(33,34)21-7-5-9-23(19-21)39-14-16-40(17-15-39)27(42)13-3-4-18-44-29-38-26-12-2-1-11-25(26)28(43)41(29)24-10-6-8-22(20-24)31(35,36)37/h1-2,5-12,19-20H,3-4,13-18H2. The normalized spacial score (nSPS) is 14.3. The highest BCUT2D eigenvalue weighted by molar-refractivity contribution is 7.99. The summed E-state index contributed by atoms with van der Waals surface area (Å²) >= 11 is 1.23. The lowest BCUT2D eigenvalue weighted by atomic mass is 10.1. The summed E-state index contributed by atoms with van der Waals surface area (Å²) in [5, 5.41) is 0.540. The summed E-state index contributed by atoms with van der Waals surface area (Å²) in [7, 11) is 0. The molecule has 0 atom stereocenters. The molecule has 2 heterocycles. The van der Waals surface area contributed by atoms with Gasteiger partial charge in [0.1, 0.15) is 0 Å². The van der Waals surface area contributed by atoms with E-state index < -0.39 is 29.0 Å². The number of benzene rings is 3. The van der Waals surface area contributed by atoms with Gasteiger partial charge in [-0.1, -0.05) is 36.0 Å². The Kier molecular flexibility index (Phi) is 9.23. The number of rotatable bonds is 8. The first-order chi connectivity index (χ1) is 20.9. The van der Waals surface area contributed by atoms with E-state index in [2.05, 4.69) is 4.98 Å². The van der Waals surface area contributed by atoms with Crippen LogP contribution in [0.1, 0.15) is 30.4 Å². The lowest BCUT2D eigenvalue weighted by Gasteiger charge is -2.36. The first-order valence-electron chi connectivity index (χ1n) is 13.9. The van der Waals surface area contributed by atoms with Crippen LogP contribution in [0.15, 0.2) is 82.7 Å². The van der Waals surface area contributed by atoms with E-state index >= 15 is 0 Å². The van der Waals surface area contributed by atoms with Crippen molar-refractivity contribution in [3.8, 4) is 5.69 Å². The molecule has 3 aromatic carbocycles. The van der Waals surface area contributed by atoms with Gasteiger partial charge in [0, 0.05) is 44.0 Å². The zero-order valence-corrected chi connectivity index (χ0v) is 24.2. The summed E-state index contributed by atoms with van der Waals surface area (Å²) < 4.78 is 80.6. The van der Waals surface area contributed by atoms with Crippen molar-refractivity contribution in [2.24, 2.45) is 0 Å². The number of hydrogen-bond acceptors (Lipinski definition) is 5. The molecule has 4 aromatic rings. The van der Waals surface area contributed by atoms with Crippen LogP contribution < -0.4 is 10.5 Å². The van der Waals surface area contributed by atoms with E-state index in [-0.39, 0.29) is 28.6 Å². The molecule has 1 amide bonds. The molecule has 0 spiro atoms. The second-order valence-corrected chi connectivity index (χ2v) is 11.4. The average molecular weight is 635 g/mol. The summed E-state index contributed by atoms with van der Waals surface area (Å²) in [6, 6.07) is 16.3. The molecular weight excluding hydrogens is 606 g/mol. The number of aromatic nitrogens is 2. The number of hydrogen-bond donors (Lipinski definition) is 0. The van der Waals surface area contributed by atoms with Gasteiger partial charge in [-0.25, -0.2) is 4.98 Å². The minimum absolute atomic E-state index is 0.0524. The molecule has 0 saturated carbocycles. The van der Waals surface area contributed by atoms with Gasteiger partial charge in [0.2, 0.25) is 5.91 Å². The van der Waals surface area contributed by atoms with E-state index in [0.29, 0.717) is 56.0 Å². The molecule has 1 aliphatic heterocycles. The number of carbonyl (C=O) groups is 1. The first-order valence-corrected chi connectivity index (χ1v) is 14.9. The van der Waals surface area contributed by atoms with Crippen LogP contribution in [0.25, 0.3) is 16.6 Å². The van der Waals surface area contributed by atoms with E-state index in [1.165, 1.54) is 34.5 Å². The maximum atomic E-state index is 13.4. The highest BCUT2D eigenvalue weighted by Gasteiger charge is 2.32. The predicted molar refractivity (Wildman–Crippen MR) is 157 cm³/mol. The first kappa shape index (κ1) is 31.4. The predicted octanol–water partition coefficient (Wildman–Crippen LogP) is 7.03. The van der Waals surface area contributed by atoms with Gasteiger partial charge < -0.3 is 9.80 Å². The van der Waals surface area contributed by atoms with Gasteiger partial charge in [-0.3, -0.25) is 14.2 Å². The fourth-order valence-corrected chi connectivity index (χ4v) is 6.06. The van der Waals surface area contributed by atoms with Crippen molar-refractivity contribution in [3.63, 3.8) is 0 Å². The van der Waals surface area contributed by atoms with Crippen molar-refractivity contribution in [3.05, 3.63) is 94.3 Å². The number of para-hydroxylation sites is 1. The van der Waals surface area contributed by atoms with Crippen LogP contribution in [0.2, 0.25) is 0 Å². The fraction of sp³-hybridized carbons (Fsp3) is 0.323. The van der Waals surface area contributed by atoms with Gasteiger partial charge in [0.15, 0.2) is 5.16 Å². The summed E-state index contributed by atoms with van der Waals surface area (Å²) in [6.07, 6.45) is -7.59. The number of amides is 1. The van der Waals surface area contributed by atoms with Crippen molar-refractivity contribution in [1.82, 2.24) is 14.5 Å². The van der Waals surface area contributed by atoms with Gasteiger partial charge in [-0.05, 0) is 61.4 Å². The monoisotopic (exact) mass is 634 g/mol. The van der Waals surface area contributed by atoms with Crippen LogP contribution in [0.4, 0.5) is 32.0 Å². The Balaban J connectivity index is 1.18. The third-order valence-electron chi connectivity index (χ3n) is 7.36. The number of piperazine rings is 1. The molecule has 6 nitrogen and oxygen atoms in total. The quantitative estimate of drug-likeness (QED) is 0.0902. The van der Waals surface area contributed by atoms with Crippen LogP contribution in [-0.4, -0.2) is 52.3 Å². The molecule has 0 bridgehead atoms. The van der Waals surface area contributed by atoms with Crippen molar-refractivity contribution in [1.29, 1.82) is 0 Å². The Bertz CT molecular complexity index is 1700. The molecule has 13 heteroatoms. The number of carbonyl (C=O) groups excluding carboxylic acids is 1. The molecule has 1 aromatic heterocycles. The second-order valence-electron chi connectivity index (χ2n) is 10.3. The number of unbranched alkanes of at least 4 members (excludes halogenated alkanes) is 1. The highest BCUT2D eigenvalue weighted by atomic mass is 32.2. The molecule has 232 valence electrons. The van der Waals surface area contributed by atoms with E-state index in [0.717, 1.165) is 24.3 Å². The lowest BCUT2D eigenvalue weighted by molar-refractivity contribution is -0.138. The van der Waals surface area contributed by atoms with Gasteiger partial charge in [0.05, 0.1) is 27.7 Å². The van der Waals surface area contributed by atoms with E-state index in [1.54, 1.807) is 35.2 Å². The van der Waals surface area contributed by atoms with Crippen LogP contribution in [-0.2, 0) is 17.1 Å². The minimum Gasteiger partial charge on any atom is -0.368 e. The SMILES string of the molecule is O=C(CCCCSc1nc2ccccc2c(=O)n1-c1cccc(C(F)(F)F)c1)N1CCN(c2cccc(C(F)(F)F)c2)CC1. The Morgan fingerprint density at radius 2 is 1.39 bits per heavy atom. The largest absolute Gasteiger partial charge is 0.416 e. The van der Waals surface area contributed by atoms with Crippen molar-refractivity contribution in [2.75, 3.05) is 36.8 Å². The maximum absolute atomic E-state index is 13.4. The van der Waals surface area contributed by atoms with Crippen molar-refractivity contribution < 1.29 is 31.1 Å². The second kappa shape index (κ2) is 12.9. The zero-order valence-electron chi connectivity index (χ0n) is 23.4. The van der Waals surface area contributed by atoms with Gasteiger partial charge in [0.25, 0.3) is 5.56 Å². The van der Waals surface area contributed by atoms with Crippen molar-refractivity contribution >= 4 is 34.3 Å². The number of alkyl halides is 6. The Labute approximate surface area is 253 Å². The summed E-state index contributed by atoms with van der Waals surface area (Å²) in [5.74, 6) is 0.420. The van der Waals surface area contributed by atoms with Gasteiger partial charge in [-0.15, -0.1) is 0 Å². The maximum Gasteiger partial charge on any atom is 0.416 e. The third kappa shape index (κ3) is 7.20. The lowest BCUT2D eigenvalue weighted by Crippen LogP contribution is -2.48. The molecule has 1 saturated heterocycles. The average Bonchev–Trinajstić information content (AvgIpc) is 3.00. The number of anilines is 1. The van der Waals surface area contributed by atoms with Crippen LogP contribution in [0, 0.1) is 0 Å². The highest BCUT2D eigenvalue weighted by Crippen LogP contribution is 2.33. The molecule has 5 rings (SSSR count). The van der Waals surface area contributed by atoms with Gasteiger partial charge >= 0.3 is 12.4 Å². The molecule has 1 aliphatic rings.